The molecule has 1 atom stereocenters. The zero-order valence-corrected chi connectivity index (χ0v) is 6.40. The van der Waals surface area contributed by atoms with Crippen molar-refractivity contribution in [3.05, 3.63) is 30.3 Å². The molecule has 0 fully saturated rings. The minimum absolute atomic E-state index is 0.406. The van der Waals surface area contributed by atoms with Gasteiger partial charge in [0.1, 0.15) is 0 Å². The fourth-order valence-electron chi connectivity index (χ4n) is 1.20. The molecule has 11 heavy (non-hydrogen) atoms. The summed E-state index contributed by atoms with van der Waals surface area (Å²) in [5.41, 5.74) is 1.22. The van der Waals surface area contributed by atoms with E-state index >= 15 is 0 Å². The highest BCUT2D eigenvalue weighted by Crippen LogP contribution is 2.20. The van der Waals surface area contributed by atoms with Crippen molar-refractivity contribution in [2.75, 3.05) is 6.61 Å². The number of ether oxygens (including phenoxy) is 1. The van der Waals surface area contributed by atoms with Crippen molar-refractivity contribution in [1.82, 2.24) is 9.78 Å². The second kappa shape index (κ2) is 2.42. The molecule has 58 valence electrons. The van der Waals surface area contributed by atoms with Crippen LogP contribution >= 0.6 is 0 Å². The molecule has 0 spiro atoms. The molecule has 0 aliphatic carbocycles. The van der Waals surface area contributed by atoms with Crippen molar-refractivity contribution in [1.29, 1.82) is 0 Å². The summed E-state index contributed by atoms with van der Waals surface area (Å²) in [6.45, 7) is 0.756. The Bertz CT molecular complexity index is 277. The van der Waals surface area contributed by atoms with Crippen LogP contribution in [0.3, 0.4) is 0 Å². The van der Waals surface area contributed by atoms with Crippen molar-refractivity contribution in [2.24, 2.45) is 7.05 Å². The third-order valence-electron chi connectivity index (χ3n) is 1.84. The van der Waals surface area contributed by atoms with E-state index in [1.54, 1.807) is 6.26 Å². The van der Waals surface area contributed by atoms with Crippen molar-refractivity contribution in [3.8, 4) is 0 Å². The number of hydrogen-bond donors (Lipinski definition) is 0. The number of nitrogens with zero attached hydrogens (tertiary/aromatic N) is 2. The van der Waals surface area contributed by atoms with Crippen LogP contribution in [0.25, 0.3) is 0 Å². The molecule has 1 aliphatic rings. The molecule has 0 aromatic carbocycles. The van der Waals surface area contributed by atoms with Gasteiger partial charge in [0.05, 0.1) is 19.1 Å². The van der Waals surface area contributed by atoms with Gasteiger partial charge >= 0.3 is 0 Å². The maximum atomic E-state index is 5.10. The fraction of sp³-hybridized carbons (Fsp3) is 0.375. The van der Waals surface area contributed by atoms with E-state index in [0.717, 1.165) is 6.61 Å². The summed E-state index contributed by atoms with van der Waals surface area (Å²) in [5.74, 6) is 0.406. The van der Waals surface area contributed by atoms with Crippen LogP contribution in [0.4, 0.5) is 0 Å². The standard InChI is InChI=1S/C8H10N2O/c1-10-5-8(4-9-10)7-2-3-11-6-7/h2-5,7H,6H2,1H3. The zero-order chi connectivity index (χ0) is 7.68. The van der Waals surface area contributed by atoms with Crippen molar-refractivity contribution < 1.29 is 4.74 Å². The van der Waals surface area contributed by atoms with Gasteiger partial charge in [0.25, 0.3) is 0 Å². The van der Waals surface area contributed by atoms with Crippen molar-refractivity contribution in [2.45, 2.75) is 5.92 Å². The van der Waals surface area contributed by atoms with Gasteiger partial charge in [-0.05, 0) is 6.08 Å². The Hall–Kier alpha value is -1.25. The van der Waals surface area contributed by atoms with E-state index in [2.05, 4.69) is 11.2 Å². The molecule has 2 rings (SSSR count). The van der Waals surface area contributed by atoms with Crippen LogP contribution < -0.4 is 0 Å². The zero-order valence-electron chi connectivity index (χ0n) is 6.40. The first kappa shape index (κ1) is 6.46. The largest absolute Gasteiger partial charge is 0.501 e. The predicted octanol–water partition coefficient (Wildman–Crippen LogP) is 1.05. The van der Waals surface area contributed by atoms with Gasteiger partial charge in [-0.1, -0.05) is 0 Å². The maximum Gasteiger partial charge on any atom is 0.0978 e. The lowest BCUT2D eigenvalue weighted by Crippen LogP contribution is -1.95. The van der Waals surface area contributed by atoms with E-state index in [-0.39, 0.29) is 0 Å². The van der Waals surface area contributed by atoms with Gasteiger partial charge in [-0.3, -0.25) is 4.68 Å². The number of aromatic nitrogens is 2. The highest BCUT2D eigenvalue weighted by Gasteiger charge is 2.13. The van der Waals surface area contributed by atoms with Gasteiger partial charge in [0.15, 0.2) is 0 Å². The highest BCUT2D eigenvalue weighted by molar-refractivity contribution is 5.19. The third-order valence-corrected chi connectivity index (χ3v) is 1.84. The second-order valence-electron chi connectivity index (χ2n) is 2.72. The molecular formula is C8H10N2O. The Labute approximate surface area is 65.3 Å². The lowest BCUT2D eigenvalue weighted by Gasteiger charge is -2.00. The fourth-order valence-corrected chi connectivity index (χ4v) is 1.20. The van der Waals surface area contributed by atoms with E-state index in [1.807, 2.05) is 24.1 Å². The molecule has 0 amide bonds. The van der Waals surface area contributed by atoms with Crippen LogP contribution in [0.5, 0.6) is 0 Å². The molecule has 0 N–H and O–H groups in total. The van der Waals surface area contributed by atoms with Crippen molar-refractivity contribution >= 4 is 0 Å². The first-order chi connectivity index (χ1) is 5.36. The Kier molecular flexibility index (Phi) is 1.42. The predicted molar refractivity (Wildman–Crippen MR) is 41.0 cm³/mol. The summed E-state index contributed by atoms with van der Waals surface area (Å²) >= 11 is 0. The Morgan fingerprint density at radius 1 is 1.73 bits per heavy atom. The monoisotopic (exact) mass is 150 g/mol. The molecule has 3 nitrogen and oxygen atoms in total. The number of aryl methyl sites for hydroxylation is 1. The Balaban J connectivity index is 2.22. The molecule has 1 aromatic rings. The van der Waals surface area contributed by atoms with E-state index in [4.69, 9.17) is 4.74 Å². The smallest absolute Gasteiger partial charge is 0.0978 e. The summed E-state index contributed by atoms with van der Waals surface area (Å²) in [5, 5.41) is 4.09. The molecule has 1 unspecified atom stereocenters. The third kappa shape index (κ3) is 1.13. The molecule has 0 saturated carbocycles. The summed E-state index contributed by atoms with van der Waals surface area (Å²) in [7, 11) is 1.92. The van der Waals surface area contributed by atoms with Gasteiger partial charge in [-0.15, -0.1) is 0 Å². The Morgan fingerprint density at radius 2 is 2.64 bits per heavy atom. The van der Waals surface area contributed by atoms with Crippen LogP contribution in [0.1, 0.15) is 11.5 Å². The summed E-state index contributed by atoms with van der Waals surface area (Å²) in [6, 6.07) is 0. The lowest BCUT2D eigenvalue weighted by molar-refractivity contribution is 0.269. The van der Waals surface area contributed by atoms with E-state index < -0.39 is 0 Å². The molecule has 0 saturated heterocycles. The summed E-state index contributed by atoms with van der Waals surface area (Å²) in [4.78, 5) is 0. The van der Waals surface area contributed by atoms with Gasteiger partial charge in [0.2, 0.25) is 0 Å². The average Bonchev–Trinajstić information content (AvgIpc) is 2.55. The first-order valence-corrected chi connectivity index (χ1v) is 3.63. The molecule has 0 radical (unpaired) electrons. The number of rotatable bonds is 1. The minimum atomic E-state index is 0.406. The maximum absolute atomic E-state index is 5.10. The average molecular weight is 150 g/mol. The minimum Gasteiger partial charge on any atom is -0.501 e. The highest BCUT2D eigenvalue weighted by atomic mass is 16.5. The molecule has 0 bridgehead atoms. The van der Waals surface area contributed by atoms with E-state index in [1.165, 1.54) is 5.56 Å². The Morgan fingerprint density at radius 3 is 3.18 bits per heavy atom. The molecule has 2 heterocycles. The molecule has 3 heteroatoms. The van der Waals surface area contributed by atoms with E-state index in [9.17, 15) is 0 Å². The quantitative estimate of drug-likeness (QED) is 0.598. The molecule has 1 aromatic heterocycles. The van der Waals surface area contributed by atoms with Crippen LogP contribution in [0.2, 0.25) is 0 Å². The first-order valence-electron chi connectivity index (χ1n) is 3.63. The number of hydrogen-bond acceptors (Lipinski definition) is 2. The normalized spacial score (nSPS) is 22.1. The summed E-state index contributed by atoms with van der Waals surface area (Å²) < 4.78 is 6.91. The SMILES string of the molecule is Cn1cc(C2C=COC2)cn1. The van der Waals surface area contributed by atoms with Crippen LogP contribution in [0.15, 0.2) is 24.7 Å². The van der Waals surface area contributed by atoms with Crippen molar-refractivity contribution in [3.63, 3.8) is 0 Å². The van der Waals surface area contributed by atoms with Crippen LogP contribution in [0, 0.1) is 0 Å². The van der Waals surface area contributed by atoms with Crippen LogP contribution in [-0.4, -0.2) is 16.4 Å². The van der Waals surface area contributed by atoms with Gasteiger partial charge in [0, 0.05) is 24.7 Å². The molecule has 1 aliphatic heterocycles. The van der Waals surface area contributed by atoms with Gasteiger partial charge in [-0.25, -0.2) is 0 Å². The van der Waals surface area contributed by atoms with Crippen LogP contribution in [-0.2, 0) is 11.8 Å². The van der Waals surface area contributed by atoms with Gasteiger partial charge < -0.3 is 4.74 Å². The van der Waals surface area contributed by atoms with Gasteiger partial charge in [-0.2, -0.15) is 5.10 Å². The second-order valence-corrected chi connectivity index (χ2v) is 2.72. The lowest BCUT2D eigenvalue weighted by atomic mass is 10.1. The van der Waals surface area contributed by atoms with E-state index in [0.29, 0.717) is 5.92 Å². The topological polar surface area (TPSA) is 27.1 Å². The summed E-state index contributed by atoms with van der Waals surface area (Å²) in [6.07, 6.45) is 7.70. The molecular weight excluding hydrogens is 140 g/mol.